The minimum atomic E-state index is 0.764. The molecule has 2 atom stereocenters. The lowest BCUT2D eigenvalue weighted by Gasteiger charge is -2.38. The molecule has 0 heterocycles. The fraction of sp³-hybridized carbons (Fsp3) is 0.625. The lowest BCUT2D eigenvalue weighted by Crippen LogP contribution is -2.31. The molecule has 1 aromatic carbocycles. The molecule has 2 aliphatic rings. The number of benzene rings is 1. The van der Waals surface area contributed by atoms with Crippen LogP contribution in [0.5, 0.6) is 5.75 Å². The Kier molecular flexibility index (Phi) is 3.29. The standard InChI is InChI=1S/C16H23NO/c1-17-10-12-7-6-11-8-9-15(18-2)14-5-3-4-13(12)16(11)14/h8-9,12-13,17H,3-7,10H2,1-2H3. The Labute approximate surface area is 110 Å². The van der Waals surface area contributed by atoms with Crippen LogP contribution in [0.2, 0.25) is 0 Å². The maximum absolute atomic E-state index is 5.56. The van der Waals surface area contributed by atoms with Crippen molar-refractivity contribution in [1.29, 1.82) is 0 Å². The van der Waals surface area contributed by atoms with Crippen LogP contribution in [-0.2, 0) is 12.8 Å². The van der Waals surface area contributed by atoms with E-state index >= 15 is 0 Å². The molecule has 0 saturated carbocycles. The Morgan fingerprint density at radius 2 is 2.17 bits per heavy atom. The van der Waals surface area contributed by atoms with Gasteiger partial charge in [0.15, 0.2) is 0 Å². The molecule has 0 spiro atoms. The van der Waals surface area contributed by atoms with Crippen LogP contribution in [0.25, 0.3) is 0 Å². The van der Waals surface area contributed by atoms with E-state index in [-0.39, 0.29) is 0 Å². The van der Waals surface area contributed by atoms with Crippen LogP contribution in [0.15, 0.2) is 12.1 Å². The third-order valence-corrected chi connectivity index (χ3v) is 4.76. The first-order valence-corrected chi connectivity index (χ1v) is 7.18. The van der Waals surface area contributed by atoms with Gasteiger partial charge in [-0.2, -0.15) is 0 Å². The van der Waals surface area contributed by atoms with Crippen LogP contribution in [0.3, 0.4) is 0 Å². The van der Waals surface area contributed by atoms with Gasteiger partial charge in [-0.05, 0) is 80.3 Å². The Morgan fingerprint density at radius 1 is 1.28 bits per heavy atom. The topological polar surface area (TPSA) is 21.3 Å². The van der Waals surface area contributed by atoms with E-state index in [9.17, 15) is 0 Å². The molecule has 0 saturated heterocycles. The largest absolute Gasteiger partial charge is 0.496 e. The smallest absolute Gasteiger partial charge is 0.122 e. The Morgan fingerprint density at radius 3 is 2.94 bits per heavy atom. The number of hydrogen-bond acceptors (Lipinski definition) is 2. The normalized spacial score (nSPS) is 25.7. The first kappa shape index (κ1) is 12.0. The zero-order valence-electron chi connectivity index (χ0n) is 11.5. The van der Waals surface area contributed by atoms with Crippen LogP contribution in [-0.4, -0.2) is 20.7 Å². The number of rotatable bonds is 3. The van der Waals surface area contributed by atoms with Gasteiger partial charge in [-0.1, -0.05) is 6.07 Å². The van der Waals surface area contributed by atoms with Crippen molar-refractivity contribution in [2.75, 3.05) is 20.7 Å². The zero-order chi connectivity index (χ0) is 12.5. The summed E-state index contributed by atoms with van der Waals surface area (Å²) in [6, 6.07) is 4.47. The van der Waals surface area contributed by atoms with Crippen LogP contribution >= 0.6 is 0 Å². The molecule has 1 aromatic rings. The van der Waals surface area contributed by atoms with Gasteiger partial charge in [0.05, 0.1) is 7.11 Å². The molecular weight excluding hydrogens is 222 g/mol. The average molecular weight is 245 g/mol. The summed E-state index contributed by atoms with van der Waals surface area (Å²) in [4.78, 5) is 0. The van der Waals surface area contributed by atoms with Crippen molar-refractivity contribution in [2.24, 2.45) is 5.92 Å². The molecule has 2 aliphatic carbocycles. The highest BCUT2D eigenvalue weighted by Crippen LogP contribution is 2.46. The van der Waals surface area contributed by atoms with E-state index in [2.05, 4.69) is 24.5 Å². The molecule has 0 aromatic heterocycles. The predicted molar refractivity (Wildman–Crippen MR) is 74.4 cm³/mol. The monoisotopic (exact) mass is 245 g/mol. The molecule has 0 amide bonds. The molecule has 0 aliphatic heterocycles. The molecule has 98 valence electrons. The van der Waals surface area contributed by atoms with Gasteiger partial charge in [-0.3, -0.25) is 0 Å². The molecule has 0 fully saturated rings. The SMILES string of the molecule is CNCC1CCc2ccc(OC)c3c2C1CCC3. The summed E-state index contributed by atoms with van der Waals surface area (Å²) >= 11 is 0. The van der Waals surface area contributed by atoms with Gasteiger partial charge < -0.3 is 10.1 Å². The number of hydrogen-bond donors (Lipinski definition) is 1. The summed E-state index contributed by atoms with van der Waals surface area (Å²) in [7, 11) is 3.88. The van der Waals surface area contributed by atoms with Gasteiger partial charge >= 0.3 is 0 Å². The average Bonchev–Trinajstić information content (AvgIpc) is 2.42. The highest BCUT2D eigenvalue weighted by molar-refractivity contribution is 5.50. The summed E-state index contributed by atoms with van der Waals surface area (Å²) in [6.07, 6.45) is 6.46. The Bertz CT molecular complexity index is 441. The third kappa shape index (κ3) is 1.83. The lowest BCUT2D eigenvalue weighted by molar-refractivity contribution is 0.321. The number of nitrogens with one attached hydrogen (secondary N) is 1. The Balaban J connectivity index is 2.05. The predicted octanol–water partition coefficient (Wildman–Crippen LogP) is 2.90. The number of methoxy groups -OCH3 is 1. The number of aryl methyl sites for hydroxylation is 1. The van der Waals surface area contributed by atoms with Crippen LogP contribution in [0, 0.1) is 5.92 Å². The van der Waals surface area contributed by atoms with Gasteiger partial charge in [0, 0.05) is 0 Å². The molecule has 2 unspecified atom stereocenters. The summed E-state index contributed by atoms with van der Waals surface area (Å²) < 4.78 is 5.56. The molecule has 1 N–H and O–H groups in total. The van der Waals surface area contributed by atoms with Crippen molar-refractivity contribution in [3.63, 3.8) is 0 Å². The van der Waals surface area contributed by atoms with Gasteiger partial charge in [-0.15, -0.1) is 0 Å². The summed E-state index contributed by atoms with van der Waals surface area (Å²) in [5, 5.41) is 3.37. The van der Waals surface area contributed by atoms with Crippen LogP contribution < -0.4 is 10.1 Å². The summed E-state index contributed by atoms with van der Waals surface area (Å²) in [5.74, 6) is 2.69. The fourth-order valence-electron chi connectivity index (χ4n) is 3.99. The second kappa shape index (κ2) is 4.93. The Hall–Kier alpha value is -1.02. The second-order valence-electron chi connectivity index (χ2n) is 5.67. The van der Waals surface area contributed by atoms with Crippen molar-refractivity contribution in [3.05, 3.63) is 28.8 Å². The van der Waals surface area contributed by atoms with Gasteiger partial charge in [-0.25, -0.2) is 0 Å². The molecular formula is C16H23NO. The van der Waals surface area contributed by atoms with Gasteiger partial charge in [0.1, 0.15) is 5.75 Å². The lowest BCUT2D eigenvalue weighted by atomic mass is 9.68. The highest BCUT2D eigenvalue weighted by atomic mass is 16.5. The minimum Gasteiger partial charge on any atom is -0.496 e. The molecule has 3 rings (SSSR count). The summed E-state index contributed by atoms with van der Waals surface area (Å²) in [6.45, 7) is 1.15. The van der Waals surface area contributed by atoms with Gasteiger partial charge in [0.25, 0.3) is 0 Å². The van der Waals surface area contributed by atoms with E-state index in [1.165, 1.54) is 37.7 Å². The van der Waals surface area contributed by atoms with E-state index < -0.39 is 0 Å². The van der Waals surface area contributed by atoms with Crippen LogP contribution in [0.4, 0.5) is 0 Å². The third-order valence-electron chi connectivity index (χ3n) is 4.76. The minimum absolute atomic E-state index is 0.764. The van der Waals surface area contributed by atoms with Crippen LogP contribution in [0.1, 0.15) is 41.9 Å². The maximum atomic E-state index is 5.56. The molecule has 18 heavy (non-hydrogen) atoms. The van der Waals surface area contributed by atoms with Crippen molar-refractivity contribution >= 4 is 0 Å². The maximum Gasteiger partial charge on any atom is 0.122 e. The van der Waals surface area contributed by atoms with E-state index in [0.717, 1.165) is 24.1 Å². The fourth-order valence-corrected chi connectivity index (χ4v) is 3.99. The zero-order valence-corrected chi connectivity index (χ0v) is 11.5. The van der Waals surface area contributed by atoms with Crippen molar-refractivity contribution in [2.45, 2.75) is 38.0 Å². The summed E-state index contributed by atoms with van der Waals surface area (Å²) in [5.41, 5.74) is 4.74. The molecule has 0 radical (unpaired) electrons. The first-order chi connectivity index (χ1) is 8.85. The van der Waals surface area contributed by atoms with Gasteiger partial charge in [0.2, 0.25) is 0 Å². The van der Waals surface area contributed by atoms with E-state index in [0.29, 0.717) is 0 Å². The number of ether oxygens (including phenoxy) is 1. The second-order valence-corrected chi connectivity index (χ2v) is 5.67. The molecule has 2 heteroatoms. The van der Waals surface area contributed by atoms with Crippen molar-refractivity contribution < 1.29 is 4.74 Å². The molecule has 2 nitrogen and oxygen atoms in total. The molecule has 0 bridgehead atoms. The van der Waals surface area contributed by atoms with Crippen molar-refractivity contribution in [3.8, 4) is 5.75 Å². The highest BCUT2D eigenvalue weighted by Gasteiger charge is 2.34. The van der Waals surface area contributed by atoms with Crippen molar-refractivity contribution in [1.82, 2.24) is 5.32 Å². The quantitative estimate of drug-likeness (QED) is 0.884. The van der Waals surface area contributed by atoms with E-state index in [1.54, 1.807) is 18.2 Å². The van der Waals surface area contributed by atoms with E-state index in [1.807, 2.05) is 0 Å². The van der Waals surface area contributed by atoms with E-state index in [4.69, 9.17) is 4.74 Å². The first-order valence-electron chi connectivity index (χ1n) is 7.18.